The molecule has 0 aromatic rings. The van der Waals surface area contributed by atoms with Crippen LogP contribution < -0.4 is 21.3 Å². The molecule has 2 heterocycles. The Balaban J connectivity index is 2.06. The summed E-state index contributed by atoms with van der Waals surface area (Å²) in [5.74, 6) is 0.584. The van der Waals surface area contributed by atoms with Gasteiger partial charge in [0.2, 0.25) is 0 Å². The first-order chi connectivity index (χ1) is 6.83. The molecule has 0 bridgehead atoms. The second-order valence-electron chi connectivity index (χ2n) is 4.15. The minimum atomic E-state index is 0.443. The third-order valence-corrected chi connectivity index (χ3v) is 3.21. The van der Waals surface area contributed by atoms with Gasteiger partial charge in [-0.25, -0.2) is 0 Å². The number of hydrogen-bond donors (Lipinski definition) is 4. The van der Waals surface area contributed by atoms with Gasteiger partial charge in [0.25, 0.3) is 0 Å². The van der Waals surface area contributed by atoms with Gasteiger partial charge in [-0.3, -0.25) is 10.2 Å². The molecular formula is C9H21N5. The van der Waals surface area contributed by atoms with Crippen LogP contribution in [0.25, 0.3) is 0 Å². The van der Waals surface area contributed by atoms with Crippen molar-refractivity contribution in [1.29, 1.82) is 0 Å². The molecule has 0 aliphatic carbocycles. The fourth-order valence-electron chi connectivity index (χ4n) is 2.47. The van der Waals surface area contributed by atoms with Gasteiger partial charge in [-0.05, 0) is 14.1 Å². The van der Waals surface area contributed by atoms with Crippen LogP contribution in [0.2, 0.25) is 0 Å². The van der Waals surface area contributed by atoms with Gasteiger partial charge in [-0.1, -0.05) is 0 Å². The summed E-state index contributed by atoms with van der Waals surface area (Å²) in [4.78, 5) is 2.32. The zero-order valence-corrected chi connectivity index (χ0v) is 9.01. The largest absolute Gasteiger partial charge is 0.315 e. The maximum absolute atomic E-state index is 3.53. The number of rotatable bonds is 1. The van der Waals surface area contributed by atoms with Crippen LogP contribution in [0.1, 0.15) is 0 Å². The van der Waals surface area contributed by atoms with E-state index in [0.29, 0.717) is 18.2 Å². The van der Waals surface area contributed by atoms with Crippen molar-refractivity contribution in [3.05, 3.63) is 0 Å². The summed E-state index contributed by atoms with van der Waals surface area (Å²) in [6.07, 6.45) is 0.901. The molecule has 82 valence electrons. The van der Waals surface area contributed by atoms with Gasteiger partial charge in [0.15, 0.2) is 0 Å². The van der Waals surface area contributed by atoms with E-state index in [-0.39, 0.29) is 0 Å². The third-order valence-electron chi connectivity index (χ3n) is 3.21. The first-order valence-electron chi connectivity index (χ1n) is 5.38. The molecule has 5 nitrogen and oxygen atoms in total. The Morgan fingerprint density at radius 2 is 2.14 bits per heavy atom. The van der Waals surface area contributed by atoms with Crippen LogP contribution in [0.3, 0.4) is 0 Å². The summed E-state index contributed by atoms with van der Waals surface area (Å²) >= 11 is 0. The molecule has 4 N–H and O–H groups in total. The molecule has 2 aliphatic rings. The summed E-state index contributed by atoms with van der Waals surface area (Å²) in [6, 6.07) is 0. The van der Waals surface area contributed by atoms with Gasteiger partial charge in [-0.15, -0.1) is 0 Å². The minimum Gasteiger partial charge on any atom is -0.315 e. The normalized spacial score (nSPS) is 40.3. The van der Waals surface area contributed by atoms with Crippen molar-refractivity contribution >= 4 is 0 Å². The molecule has 2 aliphatic heterocycles. The van der Waals surface area contributed by atoms with E-state index in [2.05, 4.69) is 33.2 Å². The predicted molar refractivity (Wildman–Crippen MR) is 56.8 cm³/mol. The molecule has 0 radical (unpaired) electrons. The van der Waals surface area contributed by atoms with E-state index >= 15 is 0 Å². The van der Waals surface area contributed by atoms with Gasteiger partial charge in [-0.2, -0.15) is 0 Å². The zero-order valence-electron chi connectivity index (χ0n) is 9.01. The smallest absolute Gasteiger partial charge is 0.0672 e. The van der Waals surface area contributed by atoms with Crippen LogP contribution in [0, 0.1) is 5.92 Å². The standard InChI is InChI=1S/C9H21N5/c1-10-9-7-5-11-3-4-12-8(7)13-6-14(9)2/h7-13H,3-6H2,1-2H3. The van der Waals surface area contributed by atoms with Gasteiger partial charge >= 0.3 is 0 Å². The van der Waals surface area contributed by atoms with E-state index in [9.17, 15) is 0 Å². The highest BCUT2D eigenvalue weighted by Crippen LogP contribution is 2.15. The molecule has 2 saturated heterocycles. The van der Waals surface area contributed by atoms with Crippen LogP contribution in [-0.4, -0.2) is 57.6 Å². The highest BCUT2D eigenvalue weighted by atomic mass is 15.4. The Morgan fingerprint density at radius 3 is 2.93 bits per heavy atom. The Hall–Kier alpha value is -0.200. The predicted octanol–water partition coefficient (Wildman–Crippen LogP) is -1.84. The summed E-state index contributed by atoms with van der Waals surface area (Å²) in [5.41, 5.74) is 0. The van der Waals surface area contributed by atoms with Crippen LogP contribution >= 0.6 is 0 Å². The highest BCUT2D eigenvalue weighted by Gasteiger charge is 2.35. The van der Waals surface area contributed by atoms with Crippen LogP contribution in [0.15, 0.2) is 0 Å². The Labute approximate surface area is 85.6 Å². The summed E-state index contributed by atoms with van der Waals surface area (Å²) in [5, 5.41) is 13.9. The Morgan fingerprint density at radius 1 is 1.29 bits per heavy atom. The summed E-state index contributed by atoms with van der Waals surface area (Å²) < 4.78 is 0. The first-order valence-corrected chi connectivity index (χ1v) is 5.38. The highest BCUT2D eigenvalue weighted by molar-refractivity contribution is 4.90. The lowest BCUT2D eigenvalue weighted by Crippen LogP contribution is -2.66. The number of hydrogen-bond acceptors (Lipinski definition) is 5. The molecule has 3 atom stereocenters. The summed E-state index contributed by atoms with van der Waals surface area (Å²) in [7, 11) is 4.18. The van der Waals surface area contributed by atoms with Gasteiger partial charge in [0, 0.05) is 25.6 Å². The van der Waals surface area contributed by atoms with E-state index in [4.69, 9.17) is 0 Å². The lowest BCUT2D eigenvalue weighted by Gasteiger charge is -2.43. The number of fused-ring (bicyclic) bond motifs is 1. The maximum atomic E-state index is 3.53. The second-order valence-corrected chi connectivity index (χ2v) is 4.15. The summed E-state index contributed by atoms with van der Waals surface area (Å²) in [6.45, 7) is 4.13. The molecule has 0 aromatic heterocycles. The van der Waals surface area contributed by atoms with Crippen molar-refractivity contribution < 1.29 is 0 Å². The average Bonchev–Trinajstić information content (AvgIpc) is 2.42. The monoisotopic (exact) mass is 199 g/mol. The molecule has 0 amide bonds. The maximum Gasteiger partial charge on any atom is 0.0672 e. The Kier molecular flexibility index (Phi) is 3.35. The van der Waals surface area contributed by atoms with E-state index in [1.165, 1.54) is 0 Å². The fourth-order valence-corrected chi connectivity index (χ4v) is 2.47. The van der Waals surface area contributed by atoms with E-state index in [1.807, 2.05) is 7.05 Å². The molecular weight excluding hydrogens is 178 g/mol. The van der Waals surface area contributed by atoms with E-state index in [0.717, 1.165) is 26.3 Å². The quantitative estimate of drug-likeness (QED) is 0.400. The first kappa shape index (κ1) is 10.3. The van der Waals surface area contributed by atoms with Crippen molar-refractivity contribution in [1.82, 2.24) is 26.2 Å². The van der Waals surface area contributed by atoms with Crippen molar-refractivity contribution in [3.63, 3.8) is 0 Å². The van der Waals surface area contributed by atoms with Crippen LogP contribution in [0.5, 0.6) is 0 Å². The molecule has 5 heteroatoms. The van der Waals surface area contributed by atoms with Gasteiger partial charge < -0.3 is 16.0 Å². The van der Waals surface area contributed by atoms with Crippen molar-refractivity contribution in [2.24, 2.45) is 5.92 Å². The van der Waals surface area contributed by atoms with Crippen molar-refractivity contribution in [3.8, 4) is 0 Å². The third kappa shape index (κ3) is 1.92. The number of nitrogens with zero attached hydrogens (tertiary/aromatic N) is 1. The van der Waals surface area contributed by atoms with E-state index < -0.39 is 0 Å². The lowest BCUT2D eigenvalue weighted by molar-refractivity contribution is 0.0534. The molecule has 2 fully saturated rings. The topological polar surface area (TPSA) is 51.4 Å². The van der Waals surface area contributed by atoms with E-state index in [1.54, 1.807) is 0 Å². The lowest BCUT2D eigenvalue weighted by atomic mass is 9.99. The second kappa shape index (κ2) is 4.55. The fraction of sp³-hybridized carbons (Fsp3) is 1.00. The van der Waals surface area contributed by atoms with Crippen LogP contribution in [-0.2, 0) is 0 Å². The van der Waals surface area contributed by atoms with Gasteiger partial charge in [0.05, 0.1) is 19.0 Å². The molecule has 0 aromatic carbocycles. The molecule has 0 spiro atoms. The number of nitrogens with one attached hydrogen (secondary N) is 4. The average molecular weight is 199 g/mol. The van der Waals surface area contributed by atoms with Crippen molar-refractivity contribution in [2.75, 3.05) is 40.4 Å². The molecule has 14 heavy (non-hydrogen) atoms. The zero-order chi connectivity index (χ0) is 9.97. The Bertz CT molecular complexity index is 186. The van der Waals surface area contributed by atoms with Crippen molar-refractivity contribution in [2.45, 2.75) is 12.3 Å². The molecule has 3 unspecified atom stereocenters. The molecule has 2 rings (SSSR count). The van der Waals surface area contributed by atoms with Gasteiger partial charge in [0.1, 0.15) is 0 Å². The SMILES string of the molecule is CNC1C2CNCCNC2NCN1C. The molecule has 0 saturated carbocycles. The van der Waals surface area contributed by atoms with Crippen LogP contribution in [0.4, 0.5) is 0 Å². The minimum absolute atomic E-state index is 0.443.